The molecule has 0 aliphatic carbocycles. The van der Waals surface area contributed by atoms with Gasteiger partial charge in [0, 0.05) is 6.54 Å². The molecule has 0 radical (unpaired) electrons. The number of hydrogen-bond donors (Lipinski definition) is 0. The molecule has 1 aliphatic rings. The van der Waals surface area contributed by atoms with Gasteiger partial charge in [-0.25, -0.2) is 0 Å². The molecular formula is C7H8N2. The van der Waals surface area contributed by atoms with Crippen molar-refractivity contribution in [1.29, 1.82) is 5.26 Å². The largest absolute Gasteiger partial charge is 0.273 e. The van der Waals surface area contributed by atoms with Crippen LogP contribution in [-0.2, 0) is 0 Å². The van der Waals surface area contributed by atoms with Crippen LogP contribution in [0.2, 0.25) is 0 Å². The second kappa shape index (κ2) is 2.53. The van der Waals surface area contributed by atoms with E-state index >= 15 is 0 Å². The van der Waals surface area contributed by atoms with E-state index < -0.39 is 0 Å². The molecule has 2 atom stereocenters. The van der Waals surface area contributed by atoms with E-state index in [2.05, 4.69) is 17.9 Å². The lowest BCUT2D eigenvalue weighted by molar-refractivity contribution is 0.610. The summed E-state index contributed by atoms with van der Waals surface area (Å²) in [7, 11) is 0. The van der Waals surface area contributed by atoms with E-state index in [-0.39, 0.29) is 6.04 Å². The average Bonchev–Trinajstić information content (AvgIpc) is 2.62. The maximum atomic E-state index is 8.34. The molecule has 0 amide bonds. The molecule has 0 aromatic rings. The zero-order valence-corrected chi connectivity index (χ0v) is 5.39. The molecule has 1 aliphatic heterocycles. The highest BCUT2D eigenvalue weighted by Crippen LogP contribution is 2.13. The van der Waals surface area contributed by atoms with Crippen LogP contribution in [0.25, 0.3) is 0 Å². The van der Waals surface area contributed by atoms with Gasteiger partial charge in [-0.3, -0.25) is 4.90 Å². The van der Waals surface area contributed by atoms with Crippen LogP contribution in [-0.4, -0.2) is 24.0 Å². The number of hydrogen-bond acceptors (Lipinski definition) is 2. The van der Waals surface area contributed by atoms with E-state index in [1.807, 2.05) is 11.8 Å². The quantitative estimate of drug-likeness (QED) is 0.365. The summed E-state index contributed by atoms with van der Waals surface area (Å²) in [5.74, 6) is 5.68. The molecule has 0 saturated carbocycles. The Hall–Kier alpha value is -0.990. The van der Waals surface area contributed by atoms with Gasteiger partial charge in [0.15, 0.2) is 0 Å². The first kappa shape index (κ1) is 6.13. The molecule has 0 spiro atoms. The lowest BCUT2D eigenvalue weighted by atomic mass is 10.5. The highest BCUT2D eigenvalue weighted by atomic mass is 15.3. The molecule has 9 heavy (non-hydrogen) atoms. The number of nitriles is 1. The summed E-state index contributed by atoms with van der Waals surface area (Å²) in [5.41, 5.74) is 0. The Morgan fingerprint density at radius 2 is 2.56 bits per heavy atom. The van der Waals surface area contributed by atoms with Gasteiger partial charge in [0.2, 0.25) is 0 Å². The van der Waals surface area contributed by atoms with Gasteiger partial charge >= 0.3 is 0 Å². The van der Waals surface area contributed by atoms with Crippen LogP contribution in [0, 0.1) is 23.2 Å². The van der Waals surface area contributed by atoms with E-state index in [9.17, 15) is 0 Å². The standard InChI is InChI=1S/C7H8N2/c1-2-3-4-9-6-7(9)5-8/h7H,4,6H2,1H3. The number of rotatable bonds is 1. The zero-order chi connectivity index (χ0) is 6.69. The van der Waals surface area contributed by atoms with Crippen LogP contribution in [0.4, 0.5) is 0 Å². The van der Waals surface area contributed by atoms with Gasteiger partial charge in [-0.1, -0.05) is 5.92 Å². The Morgan fingerprint density at radius 1 is 1.78 bits per heavy atom. The van der Waals surface area contributed by atoms with Gasteiger partial charge in [-0.2, -0.15) is 5.26 Å². The lowest BCUT2D eigenvalue weighted by Gasteiger charge is -1.86. The molecule has 2 heteroatoms. The molecule has 2 nitrogen and oxygen atoms in total. The molecular weight excluding hydrogens is 112 g/mol. The van der Waals surface area contributed by atoms with Gasteiger partial charge in [0.05, 0.1) is 12.6 Å². The van der Waals surface area contributed by atoms with Crippen LogP contribution >= 0.6 is 0 Å². The molecule has 1 rings (SSSR count). The third-order valence-electron chi connectivity index (χ3n) is 1.32. The molecule has 0 N–H and O–H groups in total. The Balaban J connectivity index is 2.19. The summed E-state index contributed by atoms with van der Waals surface area (Å²) in [6.07, 6.45) is 0. The minimum absolute atomic E-state index is 0.158. The zero-order valence-electron chi connectivity index (χ0n) is 5.39. The molecule has 0 bridgehead atoms. The van der Waals surface area contributed by atoms with Crippen molar-refractivity contribution in [2.45, 2.75) is 13.0 Å². The summed E-state index contributed by atoms with van der Waals surface area (Å²) in [5, 5.41) is 8.34. The van der Waals surface area contributed by atoms with Crippen molar-refractivity contribution >= 4 is 0 Å². The maximum Gasteiger partial charge on any atom is 0.112 e. The van der Waals surface area contributed by atoms with Crippen molar-refractivity contribution in [1.82, 2.24) is 4.90 Å². The Morgan fingerprint density at radius 3 is 3.00 bits per heavy atom. The van der Waals surface area contributed by atoms with E-state index in [1.165, 1.54) is 0 Å². The van der Waals surface area contributed by atoms with Crippen molar-refractivity contribution in [3.8, 4) is 17.9 Å². The Labute approximate surface area is 55.1 Å². The second-order valence-corrected chi connectivity index (χ2v) is 2.00. The predicted molar refractivity (Wildman–Crippen MR) is 34.4 cm³/mol. The van der Waals surface area contributed by atoms with Crippen LogP contribution in [0.5, 0.6) is 0 Å². The summed E-state index contributed by atoms with van der Waals surface area (Å²) in [4.78, 5) is 2.02. The van der Waals surface area contributed by atoms with E-state index in [0.29, 0.717) is 0 Å². The molecule has 1 saturated heterocycles. The van der Waals surface area contributed by atoms with Gasteiger partial charge in [0.1, 0.15) is 6.04 Å². The van der Waals surface area contributed by atoms with Gasteiger partial charge in [-0.15, -0.1) is 5.92 Å². The maximum absolute atomic E-state index is 8.34. The predicted octanol–water partition coefficient (Wildman–Crippen LogP) is 0.217. The van der Waals surface area contributed by atoms with Crippen molar-refractivity contribution in [2.24, 2.45) is 0 Å². The van der Waals surface area contributed by atoms with Crippen molar-refractivity contribution in [3.63, 3.8) is 0 Å². The topological polar surface area (TPSA) is 26.8 Å². The van der Waals surface area contributed by atoms with Gasteiger partial charge in [0.25, 0.3) is 0 Å². The normalized spacial score (nSPS) is 29.8. The second-order valence-electron chi connectivity index (χ2n) is 2.00. The molecule has 0 aromatic heterocycles. The van der Waals surface area contributed by atoms with Crippen LogP contribution in [0.1, 0.15) is 6.92 Å². The first-order chi connectivity index (χ1) is 4.38. The summed E-state index contributed by atoms with van der Waals surface area (Å²) >= 11 is 0. The Bertz CT molecular complexity index is 191. The fourth-order valence-electron chi connectivity index (χ4n) is 0.653. The van der Waals surface area contributed by atoms with Gasteiger partial charge in [-0.05, 0) is 6.92 Å². The number of nitrogens with zero attached hydrogens (tertiary/aromatic N) is 2. The summed E-state index contributed by atoms with van der Waals surface area (Å²) < 4.78 is 0. The minimum atomic E-state index is 0.158. The fraction of sp³-hybridized carbons (Fsp3) is 0.571. The lowest BCUT2D eigenvalue weighted by Crippen LogP contribution is -1.99. The first-order valence-electron chi connectivity index (χ1n) is 2.91. The Kier molecular flexibility index (Phi) is 1.72. The molecule has 1 fully saturated rings. The monoisotopic (exact) mass is 120 g/mol. The van der Waals surface area contributed by atoms with Crippen LogP contribution in [0.3, 0.4) is 0 Å². The average molecular weight is 120 g/mol. The van der Waals surface area contributed by atoms with Crippen LogP contribution in [0.15, 0.2) is 0 Å². The molecule has 46 valence electrons. The molecule has 0 aromatic carbocycles. The van der Waals surface area contributed by atoms with Gasteiger partial charge < -0.3 is 0 Å². The van der Waals surface area contributed by atoms with E-state index in [1.54, 1.807) is 0 Å². The third-order valence-corrected chi connectivity index (χ3v) is 1.32. The van der Waals surface area contributed by atoms with E-state index in [4.69, 9.17) is 5.26 Å². The van der Waals surface area contributed by atoms with Crippen molar-refractivity contribution in [3.05, 3.63) is 0 Å². The SMILES string of the molecule is CC#CCN1CC1C#N. The van der Waals surface area contributed by atoms with Crippen molar-refractivity contribution in [2.75, 3.05) is 13.1 Å². The van der Waals surface area contributed by atoms with Crippen LogP contribution < -0.4 is 0 Å². The molecule has 2 unspecified atom stereocenters. The highest BCUT2D eigenvalue weighted by molar-refractivity contribution is 5.11. The smallest absolute Gasteiger partial charge is 0.112 e. The summed E-state index contributed by atoms with van der Waals surface area (Å²) in [6, 6.07) is 2.31. The molecule has 1 heterocycles. The first-order valence-corrected chi connectivity index (χ1v) is 2.91. The fourth-order valence-corrected chi connectivity index (χ4v) is 0.653. The van der Waals surface area contributed by atoms with E-state index in [0.717, 1.165) is 13.1 Å². The highest BCUT2D eigenvalue weighted by Gasteiger charge is 2.32. The summed E-state index contributed by atoms with van der Waals surface area (Å²) in [6.45, 7) is 3.48. The minimum Gasteiger partial charge on any atom is -0.273 e. The third kappa shape index (κ3) is 1.45. The van der Waals surface area contributed by atoms with Crippen molar-refractivity contribution < 1.29 is 0 Å².